The van der Waals surface area contributed by atoms with E-state index < -0.39 is 127 Å². The van der Waals surface area contributed by atoms with Crippen molar-refractivity contribution in [1.82, 2.24) is 0 Å². The fraction of sp³-hybridized carbons (Fsp3) is 0.500. The maximum Gasteiger partial charge on any atom is 0.405 e. The third kappa shape index (κ3) is 29.5. The largest absolute Gasteiger partial charge is 0.508 e. The number of phenolic OH excluding ortho intramolecular Hbond substituents is 4. The highest BCUT2D eigenvalue weighted by Gasteiger charge is 2.35. The van der Waals surface area contributed by atoms with Gasteiger partial charge in [0.15, 0.2) is 29.9 Å². The maximum atomic E-state index is 14.5. The Labute approximate surface area is 672 Å². The molecule has 3 aromatic carbocycles. The lowest BCUT2D eigenvalue weighted by atomic mass is 9.88. The number of carbonyl (C=O) groups excluding carboxylic acids is 6. The SMILES string of the molecule is CO[C@H]1/C=C\C=C(/C)C(=O)Nc2cc(Cl)c(O)c(c2O)C[C@@H](C)C[C@H](OC)[C@H](O)[C@@H](C)/C=C(\C)[C@@H]1OC(N)=O.CO[C@H]1/C=C\C=C(/C)C(=O)Nc2cc(F)c(O)c(c2)C[C@@H](C)C[C@H](OC)[C@H](O)[C@@H](C)/C=C(\C)[C@@H]1OC(N)=O.CO[C@H]1/C=C\C=C(/C)C(=O)Nc2ccc(O)c(c2)C[C@@H](C)C[C@H](OC)[C@H](O)[C@@H](C)/C=C(\C)[C@@H]1OC(N)=O. The smallest absolute Gasteiger partial charge is 0.405 e. The first-order valence-corrected chi connectivity index (χ1v) is 37.7. The van der Waals surface area contributed by atoms with Crippen molar-refractivity contribution in [2.45, 2.75) is 195 Å². The van der Waals surface area contributed by atoms with E-state index >= 15 is 0 Å². The number of benzene rings is 3. The van der Waals surface area contributed by atoms with E-state index in [1.165, 1.54) is 59.8 Å². The van der Waals surface area contributed by atoms with Gasteiger partial charge in [-0.05, 0) is 156 Å². The zero-order chi connectivity index (χ0) is 85.7. The van der Waals surface area contributed by atoms with Crippen LogP contribution < -0.4 is 33.2 Å². The van der Waals surface area contributed by atoms with E-state index in [1.807, 2.05) is 33.8 Å². The summed E-state index contributed by atoms with van der Waals surface area (Å²) in [6.07, 6.45) is 9.81. The van der Waals surface area contributed by atoms with Crippen LogP contribution in [0.1, 0.15) is 119 Å². The van der Waals surface area contributed by atoms with Gasteiger partial charge in [-0.15, -0.1) is 0 Å². The second-order valence-corrected chi connectivity index (χ2v) is 29.8. The first-order chi connectivity index (χ1) is 53.6. The number of phenols is 4. The number of methoxy groups -OCH3 is 6. The zero-order valence-corrected chi connectivity index (χ0v) is 69.0. The summed E-state index contributed by atoms with van der Waals surface area (Å²) in [6.45, 7) is 21.3. The number of primary amides is 3. The molecule has 3 aliphatic heterocycles. The van der Waals surface area contributed by atoms with Gasteiger partial charge in [-0.2, -0.15) is 0 Å². The van der Waals surface area contributed by atoms with Crippen molar-refractivity contribution in [1.29, 1.82) is 0 Å². The van der Waals surface area contributed by atoms with Crippen LogP contribution in [-0.4, -0.2) is 188 Å². The number of hydrogen-bond acceptors (Lipinski definition) is 22. The first-order valence-electron chi connectivity index (χ1n) is 37.3. The minimum atomic E-state index is -0.993. The molecule has 6 amide bonds. The summed E-state index contributed by atoms with van der Waals surface area (Å²) in [5.74, 6) is -4.51. The molecule has 630 valence electrons. The summed E-state index contributed by atoms with van der Waals surface area (Å²) < 4.78 is 64.0. The molecule has 114 heavy (non-hydrogen) atoms. The fourth-order valence-corrected chi connectivity index (χ4v) is 13.8. The molecule has 6 rings (SSSR count). The Kier molecular flexibility index (Phi) is 39.8. The number of anilines is 3. The standard InChI is InChI=1S/C28H39ClN2O8.C28H39FN2O7.C28H40N2O7/c1-14-10-18-24(33)19(29)13-20(25(18)34)31-27(35)15(2)8-7-9-21(37-5)26(39-28(30)36)17(4)12-16(3)23(32)22(11-14)38-6;1-15-10-19-13-20(14-21(29)25(19)33)31-27(34)16(2)8-7-9-22(36-5)26(38-28(30)35)18(4)12-17(3)24(32)23(11-15)37-6;1-16-12-20-15-21(10-11-22(20)31)30-27(33)17(2)8-7-9-23(35-5)26(37-28(29)34)19(4)14-18(3)25(32)24(13-16)36-6/h7-9,12-14,16,21-23,26,32-34H,10-11H2,1-6H3,(H2,30,36)(H,31,35);7-9,12-15,17,22-24,26,32-33H,10-11H2,1-6H3,(H2,30,35)(H,31,34);7-11,14-16,18,23-26,31-32H,12-13H2,1-6H3,(H2,29,34)(H,30,33)/b9-7-,15-8+,17-12+;9-7-,16-8+,18-12+;9-7-,17-8+,19-14+/t14-,16+,21+,22+,23-,26+;15-,17+,22+,23+,24-,26+;16-,18+,23+,24+,25-,26+/m111/s1. The number of fused-ring (bicyclic) bond motifs is 6. The lowest BCUT2D eigenvalue weighted by molar-refractivity contribution is -0.113. The van der Waals surface area contributed by atoms with Crippen LogP contribution in [0.25, 0.3) is 0 Å². The van der Waals surface area contributed by atoms with Crippen molar-refractivity contribution < 1.29 is 112 Å². The van der Waals surface area contributed by atoms with Gasteiger partial charge in [0.1, 0.15) is 35.6 Å². The van der Waals surface area contributed by atoms with Crippen LogP contribution in [0.15, 0.2) is 143 Å². The summed E-state index contributed by atoms with van der Waals surface area (Å²) in [4.78, 5) is 73.3. The molecule has 3 heterocycles. The van der Waals surface area contributed by atoms with E-state index in [0.29, 0.717) is 70.4 Å². The molecule has 28 nitrogen and oxygen atoms in total. The molecular formula is C84H118ClFN6O22. The molecule has 0 aliphatic carbocycles. The molecule has 30 heteroatoms. The van der Waals surface area contributed by atoms with Crippen LogP contribution in [0.2, 0.25) is 5.02 Å². The summed E-state index contributed by atoms with van der Waals surface area (Å²) >= 11 is 6.22. The van der Waals surface area contributed by atoms with E-state index in [0.717, 1.165) is 6.07 Å². The average Bonchev–Trinajstić information content (AvgIpc) is 0.866. The minimum absolute atomic E-state index is 0.0290. The number of halogens is 2. The van der Waals surface area contributed by atoms with Crippen LogP contribution >= 0.6 is 11.6 Å². The van der Waals surface area contributed by atoms with Crippen LogP contribution in [0.5, 0.6) is 23.0 Å². The summed E-state index contributed by atoms with van der Waals surface area (Å²) in [7, 11) is 8.88. The number of allylic oxidation sites excluding steroid dienone is 6. The number of aliphatic hydroxyl groups is 3. The first kappa shape index (κ1) is 97.0. The van der Waals surface area contributed by atoms with Gasteiger partial charge in [-0.25, -0.2) is 18.8 Å². The Bertz CT molecular complexity index is 4060. The van der Waals surface area contributed by atoms with Gasteiger partial charge in [0.05, 0.1) is 47.3 Å². The third-order valence-corrected chi connectivity index (χ3v) is 20.2. The number of nitrogens with one attached hydrogen (secondary N) is 3. The van der Waals surface area contributed by atoms with E-state index in [4.69, 9.17) is 71.4 Å². The maximum absolute atomic E-state index is 14.5. The molecule has 0 aromatic heterocycles. The zero-order valence-electron chi connectivity index (χ0n) is 68.3. The van der Waals surface area contributed by atoms with Gasteiger partial charge in [-0.3, -0.25) is 14.4 Å². The van der Waals surface area contributed by atoms with Gasteiger partial charge < -0.3 is 112 Å². The summed E-state index contributed by atoms with van der Waals surface area (Å²) in [6, 6.07) is 8.80. The Hall–Kier alpha value is -9.40. The predicted octanol–water partition coefficient (Wildman–Crippen LogP) is 12.1. The topological polar surface area (TPSA) is 441 Å². The van der Waals surface area contributed by atoms with Gasteiger partial charge >= 0.3 is 18.3 Å². The molecule has 0 spiro atoms. The lowest BCUT2D eigenvalue weighted by Gasteiger charge is -2.29. The monoisotopic (exact) mass is 1620 g/mol. The van der Waals surface area contributed by atoms with Crippen LogP contribution in [-0.2, 0) is 76.3 Å². The second kappa shape index (κ2) is 46.8. The second-order valence-electron chi connectivity index (χ2n) is 29.4. The number of amides is 6. The molecule has 0 radical (unpaired) electrons. The van der Waals surface area contributed by atoms with E-state index in [2.05, 4.69) is 16.0 Å². The number of ether oxygens (including phenoxy) is 9. The Morgan fingerprint density at radius 1 is 0.456 bits per heavy atom. The van der Waals surface area contributed by atoms with Crippen molar-refractivity contribution >= 4 is 64.7 Å². The van der Waals surface area contributed by atoms with Crippen LogP contribution in [0.3, 0.4) is 0 Å². The Morgan fingerprint density at radius 2 is 0.798 bits per heavy atom. The van der Waals surface area contributed by atoms with E-state index in [1.54, 1.807) is 135 Å². The third-order valence-electron chi connectivity index (χ3n) is 20.0. The normalized spacial score (nSPS) is 31.3. The highest BCUT2D eigenvalue weighted by molar-refractivity contribution is 6.32. The molecule has 18 atom stereocenters. The van der Waals surface area contributed by atoms with Crippen LogP contribution in [0.4, 0.5) is 35.8 Å². The highest BCUT2D eigenvalue weighted by Crippen LogP contribution is 2.43. The Morgan fingerprint density at radius 3 is 1.16 bits per heavy atom. The molecule has 0 saturated heterocycles. The number of carbonyl (C=O) groups is 6. The number of hydrogen-bond donors (Lipinski definition) is 13. The molecular weight excluding hydrogens is 1500 g/mol. The highest BCUT2D eigenvalue weighted by atomic mass is 35.5. The van der Waals surface area contributed by atoms with Gasteiger partial charge in [0.2, 0.25) is 0 Å². The predicted molar refractivity (Wildman–Crippen MR) is 433 cm³/mol. The number of nitrogens with two attached hydrogens (primary N) is 3. The van der Waals surface area contributed by atoms with E-state index in [-0.39, 0.29) is 87.2 Å². The molecule has 0 saturated carbocycles. The van der Waals surface area contributed by atoms with Crippen molar-refractivity contribution in [3.63, 3.8) is 0 Å². The molecule has 0 unspecified atom stereocenters. The van der Waals surface area contributed by atoms with Crippen molar-refractivity contribution in [3.8, 4) is 23.0 Å². The Balaban J connectivity index is 0.000000360. The molecule has 0 fully saturated rings. The molecule has 6 bridgehead atoms. The van der Waals surface area contributed by atoms with Crippen LogP contribution in [0, 0.1) is 41.3 Å². The summed E-state index contributed by atoms with van der Waals surface area (Å²) in [5, 5.41) is 83.5. The summed E-state index contributed by atoms with van der Waals surface area (Å²) in [5.41, 5.74) is 20.8. The quantitative estimate of drug-likeness (QED) is 0.0409. The minimum Gasteiger partial charge on any atom is -0.508 e. The van der Waals surface area contributed by atoms with Gasteiger partial charge in [-0.1, -0.05) is 126 Å². The number of aliphatic hydroxyl groups excluding tert-OH is 3. The molecule has 16 N–H and O–H groups in total. The van der Waals surface area contributed by atoms with E-state index in [9.17, 15) is 68.9 Å². The lowest BCUT2D eigenvalue weighted by Crippen LogP contribution is -2.37. The van der Waals surface area contributed by atoms with Crippen molar-refractivity contribution in [2.75, 3.05) is 58.6 Å². The van der Waals surface area contributed by atoms with Gasteiger partial charge in [0.25, 0.3) is 17.7 Å². The molecule has 3 aromatic rings. The number of aromatic hydroxyl groups is 4. The van der Waals surface area contributed by atoms with Gasteiger partial charge in [0, 0.05) is 100 Å². The fourth-order valence-electron chi connectivity index (χ4n) is 13.6. The average molecular weight is 1620 g/mol. The number of rotatable bonds is 9. The van der Waals surface area contributed by atoms with Crippen molar-refractivity contribution in [3.05, 3.63) is 170 Å². The van der Waals surface area contributed by atoms with Crippen molar-refractivity contribution in [2.24, 2.45) is 52.7 Å². The molecule has 3 aliphatic rings.